The van der Waals surface area contributed by atoms with Gasteiger partial charge in [-0.3, -0.25) is 16.3 Å². The summed E-state index contributed by atoms with van der Waals surface area (Å²) in [6.07, 6.45) is -2.33. The molecule has 4 aromatic carbocycles. The fourth-order valence-electron chi connectivity index (χ4n) is 4.83. The highest BCUT2D eigenvalue weighted by atomic mass is 16.6. The first-order valence-corrected chi connectivity index (χ1v) is 17.7. The highest BCUT2D eigenvalue weighted by molar-refractivity contribution is 5.94. The molecule has 3 N–H and O–H groups in total. The first-order chi connectivity index (χ1) is 26.7. The summed E-state index contributed by atoms with van der Waals surface area (Å²) in [5, 5.41) is 31.6. The predicted molar refractivity (Wildman–Crippen MR) is 217 cm³/mol. The van der Waals surface area contributed by atoms with Crippen LogP contribution in [0, 0.1) is 34.0 Å². The second-order valence-electron chi connectivity index (χ2n) is 15.6. The van der Waals surface area contributed by atoms with E-state index in [1.165, 1.54) is 0 Å². The van der Waals surface area contributed by atoms with Crippen molar-refractivity contribution in [2.45, 2.75) is 79.1 Å². The van der Waals surface area contributed by atoms with Crippen molar-refractivity contribution in [1.29, 1.82) is 15.8 Å². The summed E-state index contributed by atoms with van der Waals surface area (Å²) in [6, 6.07) is 29.7. The Hall–Kier alpha value is -7.44. The highest BCUT2D eigenvalue weighted by Crippen LogP contribution is 2.30. The molecule has 57 heavy (non-hydrogen) atoms. The zero-order valence-electron chi connectivity index (χ0n) is 33.3. The van der Waals surface area contributed by atoms with E-state index in [4.69, 9.17) is 14.2 Å². The van der Waals surface area contributed by atoms with E-state index in [-0.39, 0.29) is 17.1 Å². The first-order valence-electron chi connectivity index (χ1n) is 17.7. The summed E-state index contributed by atoms with van der Waals surface area (Å²) in [7, 11) is 0. The van der Waals surface area contributed by atoms with Gasteiger partial charge in [0.1, 0.15) is 16.8 Å². The van der Waals surface area contributed by atoms with Gasteiger partial charge in [-0.15, -0.1) is 0 Å². The third-order valence-corrected chi connectivity index (χ3v) is 7.15. The third-order valence-electron chi connectivity index (χ3n) is 7.15. The minimum atomic E-state index is -0.885. The Bertz CT molecular complexity index is 1940. The van der Waals surface area contributed by atoms with Crippen LogP contribution in [0.1, 0.15) is 79.0 Å². The van der Waals surface area contributed by atoms with Crippen LogP contribution in [0.5, 0.6) is 0 Å². The van der Waals surface area contributed by atoms with E-state index in [0.29, 0.717) is 33.8 Å². The van der Waals surface area contributed by atoms with Crippen LogP contribution in [-0.2, 0) is 14.2 Å². The number of rotatable bonds is 9. The van der Waals surface area contributed by atoms with Crippen LogP contribution in [0.3, 0.4) is 0 Å². The largest absolute Gasteiger partial charge is 0.442 e. The summed E-state index contributed by atoms with van der Waals surface area (Å²) < 4.78 is 17.2. The molecule has 4 rings (SSSR count). The molecule has 0 fully saturated rings. The van der Waals surface area contributed by atoms with Crippen LogP contribution < -0.4 is 31.3 Å². The second kappa shape index (κ2) is 17.4. The molecule has 0 aliphatic rings. The lowest BCUT2D eigenvalue weighted by Crippen LogP contribution is -2.42. The molecular formula is C42H45N9O6. The topological polar surface area (TPSA) is 196 Å². The van der Waals surface area contributed by atoms with Crippen LogP contribution in [0.4, 0.5) is 48.5 Å². The summed E-state index contributed by atoms with van der Waals surface area (Å²) in [6.45, 7) is 15.5. The number of hydrogen-bond acceptors (Lipinski definition) is 12. The van der Waals surface area contributed by atoms with Gasteiger partial charge in [0.15, 0.2) is 0 Å². The zero-order valence-corrected chi connectivity index (χ0v) is 33.3. The van der Waals surface area contributed by atoms with Crippen LogP contribution in [0.25, 0.3) is 0 Å². The molecule has 0 aliphatic carbocycles. The summed E-state index contributed by atoms with van der Waals surface area (Å²) >= 11 is 0. The van der Waals surface area contributed by atoms with Crippen LogP contribution in [0.15, 0.2) is 91.0 Å². The average molecular weight is 772 g/mol. The van der Waals surface area contributed by atoms with E-state index in [0.717, 1.165) is 15.0 Å². The third kappa shape index (κ3) is 12.6. The monoisotopic (exact) mass is 771 g/mol. The standard InChI is InChI=1S/C42H45N9O6/c1-40(2,3)55-37(52)49(34-16-10-28(25-43)11-17-34)46-31-22-32(47-50(38(53)56-41(4,5)6)35-18-12-29(26-44)13-19-35)24-33(23-31)48-51(39(54)57-42(7,8)9)36-20-14-30(27-45)15-21-36/h10-24,46-48H,1-9H3. The van der Waals surface area contributed by atoms with Gasteiger partial charge in [0.2, 0.25) is 0 Å². The van der Waals surface area contributed by atoms with Gasteiger partial charge in [0, 0.05) is 0 Å². The number of benzene rings is 4. The molecule has 0 heterocycles. The molecule has 0 unspecified atom stereocenters. The molecule has 0 atom stereocenters. The maximum Gasteiger partial charge on any atom is 0.433 e. The summed E-state index contributed by atoms with van der Waals surface area (Å²) in [5.74, 6) is 0. The number of ether oxygens (including phenoxy) is 3. The van der Waals surface area contributed by atoms with Gasteiger partial charge in [0.25, 0.3) is 0 Å². The quantitative estimate of drug-likeness (QED) is 0.108. The van der Waals surface area contributed by atoms with Gasteiger partial charge in [-0.25, -0.2) is 14.4 Å². The summed E-state index contributed by atoms with van der Waals surface area (Å²) in [5.41, 5.74) is 9.46. The minimum absolute atomic E-state index is 0.255. The van der Waals surface area contributed by atoms with Crippen molar-refractivity contribution in [2.75, 3.05) is 31.3 Å². The number of nitrogens with one attached hydrogen (secondary N) is 3. The molecule has 294 valence electrons. The fourth-order valence-corrected chi connectivity index (χ4v) is 4.83. The lowest BCUT2D eigenvalue weighted by molar-refractivity contribution is 0.0578. The summed E-state index contributed by atoms with van der Waals surface area (Å²) in [4.78, 5) is 41.2. The fraction of sp³-hybridized carbons (Fsp3) is 0.286. The highest BCUT2D eigenvalue weighted by Gasteiger charge is 2.28. The van der Waals surface area contributed by atoms with E-state index in [9.17, 15) is 30.2 Å². The van der Waals surface area contributed by atoms with Crippen molar-refractivity contribution < 1.29 is 28.6 Å². The molecule has 4 aromatic rings. The number of nitrogens with zero attached hydrogens (tertiary/aromatic N) is 6. The molecule has 0 saturated heterocycles. The Morgan fingerprint density at radius 3 is 0.825 bits per heavy atom. The molecule has 0 saturated carbocycles. The van der Waals surface area contributed by atoms with Gasteiger partial charge in [-0.1, -0.05) is 0 Å². The van der Waals surface area contributed by atoms with Crippen LogP contribution in [-0.4, -0.2) is 35.1 Å². The lowest BCUT2D eigenvalue weighted by atomic mass is 10.2. The molecule has 0 aromatic heterocycles. The molecule has 15 nitrogen and oxygen atoms in total. The van der Waals surface area contributed by atoms with Crippen molar-refractivity contribution >= 4 is 52.4 Å². The van der Waals surface area contributed by atoms with E-state index >= 15 is 0 Å². The Kier molecular flexibility index (Phi) is 12.9. The van der Waals surface area contributed by atoms with E-state index < -0.39 is 35.1 Å². The lowest BCUT2D eigenvalue weighted by Gasteiger charge is -2.31. The van der Waals surface area contributed by atoms with Crippen molar-refractivity contribution in [1.82, 2.24) is 0 Å². The maximum atomic E-state index is 13.7. The van der Waals surface area contributed by atoms with Crippen molar-refractivity contribution in [3.05, 3.63) is 108 Å². The molecule has 15 heteroatoms. The average Bonchev–Trinajstić information content (AvgIpc) is 3.13. The molecule has 0 aliphatic heterocycles. The maximum absolute atomic E-state index is 13.7. The number of carbonyl (C=O) groups excluding carboxylic acids is 3. The molecule has 0 bridgehead atoms. The van der Waals surface area contributed by atoms with E-state index in [2.05, 4.69) is 34.5 Å². The second-order valence-corrected chi connectivity index (χ2v) is 15.6. The van der Waals surface area contributed by atoms with E-state index in [1.54, 1.807) is 153 Å². The van der Waals surface area contributed by atoms with Gasteiger partial charge < -0.3 is 14.2 Å². The Labute approximate surface area is 332 Å². The van der Waals surface area contributed by atoms with Crippen LogP contribution in [0.2, 0.25) is 0 Å². The number of nitriles is 3. The van der Waals surface area contributed by atoms with Crippen molar-refractivity contribution in [2.24, 2.45) is 0 Å². The Morgan fingerprint density at radius 1 is 0.439 bits per heavy atom. The normalized spacial score (nSPS) is 11.1. The Balaban J connectivity index is 1.90. The first kappa shape index (κ1) is 42.3. The van der Waals surface area contributed by atoms with E-state index in [1.807, 2.05) is 0 Å². The van der Waals surface area contributed by atoms with Gasteiger partial charge in [-0.2, -0.15) is 30.8 Å². The van der Waals surface area contributed by atoms with Gasteiger partial charge >= 0.3 is 18.3 Å². The minimum Gasteiger partial charge on any atom is -0.442 e. The SMILES string of the molecule is CC(C)(C)OC(=O)N(Nc1cc(NN(C(=O)OC(C)(C)C)c2ccc(C#N)cc2)cc(NN(C(=O)OC(C)(C)C)c2ccc(C#N)cc2)c1)c1ccc(C#N)cc1. The number of carbonyl (C=O) groups is 3. The predicted octanol–water partition coefficient (Wildman–Crippen LogP) is 9.61. The van der Waals surface area contributed by atoms with Gasteiger partial charge in [-0.05, 0) is 153 Å². The van der Waals surface area contributed by atoms with Crippen molar-refractivity contribution in [3.63, 3.8) is 0 Å². The number of hydrogen-bond donors (Lipinski definition) is 3. The molecular weight excluding hydrogens is 727 g/mol. The Morgan fingerprint density at radius 2 is 0.649 bits per heavy atom. The zero-order chi connectivity index (χ0) is 42.1. The molecule has 0 radical (unpaired) electrons. The smallest absolute Gasteiger partial charge is 0.433 e. The van der Waals surface area contributed by atoms with Gasteiger partial charge in [0.05, 0.1) is 69.0 Å². The van der Waals surface area contributed by atoms with Crippen LogP contribution >= 0.6 is 0 Å². The molecule has 0 spiro atoms. The number of amides is 3. The number of anilines is 6. The molecule has 3 amide bonds. The van der Waals surface area contributed by atoms with Crippen molar-refractivity contribution in [3.8, 4) is 18.2 Å². The number of hydrazine groups is 3.